The van der Waals surface area contributed by atoms with Crippen LogP contribution >= 0.6 is 15.9 Å². The van der Waals surface area contributed by atoms with E-state index in [2.05, 4.69) is 15.9 Å². The van der Waals surface area contributed by atoms with E-state index in [0.717, 1.165) is 5.56 Å². The van der Waals surface area contributed by atoms with Gasteiger partial charge in [-0.3, -0.25) is 4.79 Å². The molecule has 1 aromatic carbocycles. The molecular formula is C14H14BrO5-. The van der Waals surface area contributed by atoms with Gasteiger partial charge in [0.1, 0.15) is 11.5 Å². The van der Waals surface area contributed by atoms with E-state index in [0.29, 0.717) is 28.0 Å². The van der Waals surface area contributed by atoms with Crippen LogP contribution in [0.5, 0.6) is 11.5 Å². The zero-order valence-corrected chi connectivity index (χ0v) is 12.8. The van der Waals surface area contributed by atoms with Crippen molar-refractivity contribution in [3.05, 3.63) is 21.7 Å². The molecule has 6 heteroatoms. The van der Waals surface area contributed by atoms with Gasteiger partial charge in [-0.2, -0.15) is 0 Å². The zero-order valence-electron chi connectivity index (χ0n) is 11.2. The summed E-state index contributed by atoms with van der Waals surface area (Å²) in [6, 6.07) is 1.65. The van der Waals surface area contributed by atoms with Crippen LogP contribution < -0.4 is 14.6 Å². The van der Waals surface area contributed by atoms with Gasteiger partial charge in [0.2, 0.25) is 0 Å². The van der Waals surface area contributed by atoms with Gasteiger partial charge in [-0.25, -0.2) is 0 Å². The van der Waals surface area contributed by atoms with Gasteiger partial charge < -0.3 is 19.4 Å². The summed E-state index contributed by atoms with van der Waals surface area (Å²) in [5.74, 6) is -0.498. The van der Waals surface area contributed by atoms with Crippen LogP contribution in [0.25, 0.3) is 0 Å². The second-order valence-electron chi connectivity index (χ2n) is 4.72. The number of carbonyl (C=O) groups excluding carboxylic acids is 2. The number of fused-ring (bicyclic) bond motifs is 1. The fourth-order valence-corrected chi connectivity index (χ4v) is 3.21. The van der Waals surface area contributed by atoms with Crippen LogP contribution in [-0.2, 0) is 11.2 Å². The summed E-state index contributed by atoms with van der Waals surface area (Å²) in [5.41, 5.74) is 1.25. The Kier molecular flexibility index (Phi) is 4.32. The van der Waals surface area contributed by atoms with Crippen molar-refractivity contribution >= 4 is 27.7 Å². The van der Waals surface area contributed by atoms with Crippen LogP contribution in [0.4, 0.5) is 0 Å². The number of ketones is 1. The van der Waals surface area contributed by atoms with Gasteiger partial charge >= 0.3 is 0 Å². The predicted molar refractivity (Wildman–Crippen MR) is 73.0 cm³/mol. The summed E-state index contributed by atoms with van der Waals surface area (Å²) in [5, 5.41) is 10.7. The maximum atomic E-state index is 12.3. The Morgan fingerprint density at radius 3 is 2.55 bits per heavy atom. The zero-order chi connectivity index (χ0) is 14.9. The molecule has 0 saturated carbocycles. The lowest BCUT2D eigenvalue weighted by Crippen LogP contribution is -2.29. The van der Waals surface area contributed by atoms with E-state index in [1.54, 1.807) is 6.07 Å². The fraction of sp³-hybridized carbons (Fsp3) is 0.429. The molecular weight excluding hydrogens is 328 g/mol. The molecule has 0 heterocycles. The molecule has 1 aliphatic rings. The van der Waals surface area contributed by atoms with Gasteiger partial charge in [-0.1, -0.05) is 0 Å². The molecule has 0 aliphatic heterocycles. The highest BCUT2D eigenvalue weighted by Gasteiger charge is 2.31. The molecule has 0 amide bonds. The lowest BCUT2D eigenvalue weighted by atomic mass is 9.81. The molecule has 0 N–H and O–H groups in total. The highest BCUT2D eigenvalue weighted by atomic mass is 79.9. The molecule has 0 radical (unpaired) electrons. The van der Waals surface area contributed by atoms with E-state index in [1.807, 2.05) is 0 Å². The number of rotatable bonds is 4. The molecule has 0 spiro atoms. The Hall–Kier alpha value is -1.56. The second kappa shape index (κ2) is 5.83. The van der Waals surface area contributed by atoms with Crippen molar-refractivity contribution in [3.8, 4) is 11.5 Å². The number of halogens is 1. The molecule has 2 rings (SSSR count). The number of Topliss-reactive ketones (excluding diaryl/α,β-unsaturated/α-hetero) is 1. The van der Waals surface area contributed by atoms with Crippen molar-refractivity contribution in [3.63, 3.8) is 0 Å². The van der Waals surface area contributed by atoms with Crippen molar-refractivity contribution in [2.24, 2.45) is 5.92 Å². The highest BCUT2D eigenvalue weighted by Crippen LogP contribution is 2.42. The molecule has 108 valence electrons. The first kappa shape index (κ1) is 14.8. The minimum absolute atomic E-state index is 0.113. The third-order valence-electron chi connectivity index (χ3n) is 3.43. The van der Waals surface area contributed by atoms with Crippen LogP contribution in [0.15, 0.2) is 10.5 Å². The Labute approximate surface area is 125 Å². The molecule has 1 atom stereocenters. The van der Waals surface area contributed by atoms with Gasteiger partial charge in [0.05, 0.1) is 24.3 Å². The maximum Gasteiger partial charge on any atom is 0.167 e. The summed E-state index contributed by atoms with van der Waals surface area (Å²) >= 11 is 3.42. The number of methoxy groups -OCH3 is 2. The molecule has 0 aromatic heterocycles. The van der Waals surface area contributed by atoms with E-state index in [1.165, 1.54) is 14.2 Å². The number of carboxylic acid groups (broad SMARTS) is 1. The van der Waals surface area contributed by atoms with Crippen molar-refractivity contribution < 1.29 is 24.2 Å². The van der Waals surface area contributed by atoms with E-state index in [4.69, 9.17) is 9.47 Å². The Balaban J connectivity index is 2.51. The SMILES string of the molecule is COc1cc(OC)c2c(c1Br)C[C@H](CC(=O)[O-])CC2=O. The summed E-state index contributed by atoms with van der Waals surface area (Å²) in [6.07, 6.45) is 0.538. The fourth-order valence-electron chi connectivity index (χ4n) is 2.57. The van der Waals surface area contributed by atoms with Crippen LogP contribution in [0, 0.1) is 5.92 Å². The number of hydrogen-bond acceptors (Lipinski definition) is 5. The molecule has 0 saturated heterocycles. The topological polar surface area (TPSA) is 75.7 Å². The predicted octanol–water partition coefficient (Wildman–Crippen LogP) is 1.35. The standard InChI is InChI=1S/C14H15BrO5/c1-19-10-6-11(20-2)14(15)8-3-7(5-12(17)18)4-9(16)13(8)10/h6-7H,3-5H2,1-2H3,(H,17,18)/p-1/t7-/m0/s1. The van der Waals surface area contributed by atoms with Gasteiger partial charge in [0, 0.05) is 18.5 Å². The molecule has 0 unspecified atom stereocenters. The average Bonchev–Trinajstić information content (AvgIpc) is 2.39. The average molecular weight is 342 g/mol. The van der Waals surface area contributed by atoms with Crippen molar-refractivity contribution in [2.45, 2.75) is 19.3 Å². The third kappa shape index (κ3) is 2.65. The number of carbonyl (C=O) groups is 2. The molecule has 1 aromatic rings. The lowest BCUT2D eigenvalue weighted by molar-refractivity contribution is -0.306. The van der Waals surface area contributed by atoms with Crippen LogP contribution in [0.3, 0.4) is 0 Å². The van der Waals surface area contributed by atoms with Crippen LogP contribution in [0.1, 0.15) is 28.8 Å². The molecule has 20 heavy (non-hydrogen) atoms. The minimum atomic E-state index is -1.14. The largest absolute Gasteiger partial charge is 0.550 e. The Morgan fingerprint density at radius 1 is 1.35 bits per heavy atom. The second-order valence-corrected chi connectivity index (χ2v) is 5.52. The summed E-state index contributed by atoms with van der Waals surface area (Å²) < 4.78 is 11.2. The Morgan fingerprint density at radius 2 is 2.00 bits per heavy atom. The quantitative estimate of drug-likeness (QED) is 0.826. The molecule has 0 bridgehead atoms. The monoisotopic (exact) mass is 341 g/mol. The Bertz CT molecular complexity index is 567. The van der Waals surface area contributed by atoms with E-state index in [-0.39, 0.29) is 24.5 Å². The first-order valence-electron chi connectivity index (χ1n) is 6.14. The normalized spacial score (nSPS) is 17.6. The number of carboxylic acids is 1. The first-order valence-corrected chi connectivity index (χ1v) is 6.93. The van der Waals surface area contributed by atoms with Crippen LogP contribution in [-0.4, -0.2) is 26.0 Å². The molecule has 0 fully saturated rings. The third-order valence-corrected chi connectivity index (χ3v) is 4.30. The van der Waals surface area contributed by atoms with Crippen molar-refractivity contribution in [1.82, 2.24) is 0 Å². The van der Waals surface area contributed by atoms with E-state index >= 15 is 0 Å². The number of ether oxygens (including phenoxy) is 2. The van der Waals surface area contributed by atoms with Gasteiger partial charge in [-0.05, 0) is 40.3 Å². The summed E-state index contributed by atoms with van der Waals surface area (Å²) in [4.78, 5) is 23.0. The minimum Gasteiger partial charge on any atom is -0.550 e. The van der Waals surface area contributed by atoms with Crippen LogP contribution in [0.2, 0.25) is 0 Å². The van der Waals surface area contributed by atoms with Gasteiger partial charge in [0.15, 0.2) is 5.78 Å². The maximum absolute atomic E-state index is 12.3. The summed E-state index contributed by atoms with van der Waals surface area (Å²) in [6.45, 7) is 0. The van der Waals surface area contributed by atoms with Crippen molar-refractivity contribution in [1.29, 1.82) is 0 Å². The molecule has 5 nitrogen and oxygen atoms in total. The van der Waals surface area contributed by atoms with Gasteiger partial charge in [-0.15, -0.1) is 0 Å². The van der Waals surface area contributed by atoms with E-state index in [9.17, 15) is 14.7 Å². The highest BCUT2D eigenvalue weighted by molar-refractivity contribution is 9.10. The number of benzene rings is 1. The summed E-state index contributed by atoms with van der Waals surface area (Å²) in [7, 11) is 3.01. The van der Waals surface area contributed by atoms with E-state index < -0.39 is 5.97 Å². The van der Waals surface area contributed by atoms with Gasteiger partial charge in [0.25, 0.3) is 0 Å². The number of aliphatic carboxylic acids is 1. The lowest BCUT2D eigenvalue weighted by Gasteiger charge is -2.27. The first-order chi connectivity index (χ1) is 9.47. The number of hydrogen-bond donors (Lipinski definition) is 0. The van der Waals surface area contributed by atoms with Crippen molar-refractivity contribution in [2.75, 3.05) is 14.2 Å². The molecule has 1 aliphatic carbocycles. The smallest absolute Gasteiger partial charge is 0.167 e.